The Morgan fingerprint density at radius 1 is 1.33 bits per heavy atom. The van der Waals surface area contributed by atoms with Crippen molar-refractivity contribution in [3.8, 4) is 0 Å². The van der Waals surface area contributed by atoms with Crippen LogP contribution in [0.2, 0.25) is 0 Å². The highest BCUT2D eigenvalue weighted by Gasteiger charge is 2.20. The van der Waals surface area contributed by atoms with Crippen molar-refractivity contribution >= 4 is 5.95 Å². The molecule has 1 aromatic heterocycles. The van der Waals surface area contributed by atoms with E-state index in [-0.39, 0.29) is 0 Å². The van der Waals surface area contributed by atoms with E-state index >= 15 is 0 Å². The maximum atomic E-state index is 4.45. The van der Waals surface area contributed by atoms with Crippen molar-refractivity contribution in [2.24, 2.45) is 0 Å². The van der Waals surface area contributed by atoms with Gasteiger partial charge in [0, 0.05) is 31.0 Å². The minimum absolute atomic E-state index is 0.427. The van der Waals surface area contributed by atoms with Crippen molar-refractivity contribution in [2.75, 3.05) is 18.0 Å². The number of nitrogens with zero attached hydrogens (tertiary/aromatic N) is 3. The average Bonchev–Trinajstić information content (AvgIpc) is 2.38. The molecule has 1 N–H and O–H groups in total. The van der Waals surface area contributed by atoms with E-state index in [2.05, 4.69) is 34.0 Å². The van der Waals surface area contributed by atoms with Crippen LogP contribution in [0.5, 0.6) is 0 Å². The molecule has 1 aliphatic heterocycles. The molecule has 1 atom stereocenters. The van der Waals surface area contributed by atoms with Gasteiger partial charge in [0.2, 0.25) is 5.95 Å². The Hall–Kier alpha value is -1.16. The second kappa shape index (κ2) is 6.14. The standard InChI is InChI=1S/C14H24N4/c1-11(2)18(10-13-6-4-5-7-15-13)14-16-8-12(3)9-17-14/h8-9,11,13,15H,4-7,10H2,1-3H3. The molecular formula is C14H24N4. The lowest BCUT2D eigenvalue weighted by Crippen LogP contribution is -2.46. The van der Waals surface area contributed by atoms with Crippen LogP contribution in [0.15, 0.2) is 12.4 Å². The Labute approximate surface area is 110 Å². The smallest absolute Gasteiger partial charge is 0.225 e. The zero-order valence-corrected chi connectivity index (χ0v) is 11.7. The summed E-state index contributed by atoms with van der Waals surface area (Å²) in [5, 5.41) is 3.59. The van der Waals surface area contributed by atoms with E-state index in [1.54, 1.807) is 0 Å². The van der Waals surface area contributed by atoms with Crippen molar-refractivity contribution in [2.45, 2.75) is 52.1 Å². The van der Waals surface area contributed by atoms with Gasteiger partial charge in [0.1, 0.15) is 0 Å². The first kappa shape index (κ1) is 13.3. The first-order valence-corrected chi connectivity index (χ1v) is 6.95. The normalized spacial score (nSPS) is 20.1. The number of nitrogens with one attached hydrogen (secondary N) is 1. The Kier molecular flexibility index (Phi) is 4.53. The fourth-order valence-corrected chi connectivity index (χ4v) is 2.37. The highest BCUT2D eigenvalue weighted by Crippen LogP contribution is 2.15. The quantitative estimate of drug-likeness (QED) is 0.886. The molecule has 4 nitrogen and oxygen atoms in total. The lowest BCUT2D eigenvalue weighted by molar-refractivity contribution is 0.391. The molecule has 18 heavy (non-hydrogen) atoms. The highest BCUT2D eigenvalue weighted by atomic mass is 15.3. The van der Waals surface area contributed by atoms with Gasteiger partial charge in [0.15, 0.2) is 0 Å². The summed E-state index contributed by atoms with van der Waals surface area (Å²) in [6, 6.07) is 1.00. The molecule has 0 spiro atoms. The maximum absolute atomic E-state index is 4.45. The summed E-state index contributed by atoms with van der Waals surface area (Å²) in [5.41, 5.74) is 1.11. The topological polar surface area (TPSA) is 41.1 Å². The average molecular weight is 248 g/mol. The molecule has 100 valence electrons. The minimum Gasteiger partial charge on any atom is -0.337 e. The largest absolute Gasteiger partial charge is 0.337 e. The molecule has 1 saturated heterocycles. The summed E-state index contributed by atoms with van der Waals surface area (Å²) < 4.78 is 0. The SMILES string of the molecule is Cc1cnc(N(CC2CCCCN2)C(C)C)nc1. The van der Waals surface area contributed by atoms with Gasteiger partial charge >= 0.3 is 0 Å². The molecule has 2 heterocycles. The van der Waals surface area contributed by atoms with E-state index in [1.165, 1.54) is 19.3 Å². The van der Waals surface area contributed by atoms with E-state index < -0.39 is 0 Å². The predicted molar refractivity (Wildman–Crippen MR) is 74.9 cm³/mol. The number of hydrogen-bond acceptors (Lipinski definition) is 4. The summed E-state index contributed by atoms with van der Waals surface area (Å²) in [7, 11) is 0. The van der Waals surface area contributed by atoms with Crippen LogP contribution in [0.3, 0.4) is 0 Å². The molecule has 1 fully saturated rings. The van der Waals surface area contributed by atoms with Crippen LogP contribution in [-0.4, -0.2) is 35.1 Å². The molecule has 0 bridgehead atoms. The molecule has 0 amide bonds. The van der Waals surface area contributed by atoms with Gasteiger partial charge in [-0.25, -0.2) is 9.97 Å². The van der Waals surface area contributed by atoms with Crippen molar-refractivity contribution in [3.05, 3.63) is 18.0 Å². The van der Waals surface area contributed by atoms with Crippen molar-refractivity contribution in [1.29, 1.82) is 0 Å². The van der Waals surface area contributed by atoms with Crippen LogP contribution in [0, 0.1) is 6.92 Å². The van der Waals surface area contributed by atoms with Crippen LogP contribution < -0.4 is 10.2 Å². The predicted octanol–water partition coefficient (Wildman–Crippen LogP) is 2.14. The van der Waals surface area contributed by atoms with E-state index in [4.69, 9.17) is 0 Å². The maximum Gasteiger partial charge on any atom is 0.225 e. The Morgan fingerprint density at radius 3 is 2.61 bits per heavy atom. The summed E-state index contributed by atoms with van der Waals surface area (Å²) in [5.74, 6) is 0.850. The Bertz CT molecular complexity index is 355. The highest BCUT2D eigenvalue weighted by molar-refractivity contribution is 5.31. The summed E-state index contributed by atoms with van der Waals surface area (Å²) in [6.45, 7) is 8.57. The number of hydrogen-bond donors (Lipinski definition) is 1. The molecule has 0 aromatic carbocycles. The molecule has 2 rings (SSSR count). The van der Waals surface area contributed by atoms with Crippen molar-refractivity contribution in [3.63, 3.8) is 0 Å². The molecule has 1 aliphatic rings. The Morgan fingerprint density at radius 2 is 2.06 bits per heavy atom. The molecule has 4 heteroatoms. The van der Waals surface area contributed by atoms with E-state index in [1.807, 2.05) is 19.3 Å². The number of aromatic nitrogens is 2. The summed E-state index contributed by atoms with van der Waals surface area (Å²) in [6.07, 6.45) is 7.69. The third-order valence-electron chi connectivity index (χ3n) is 3.48. The third-order valence-corrected chi connectivity index (χ3v) is 3.48. The molecule has 0 radical (unpaired) electrons. The lowest BCUT2D eigenvalue weighted by Gasteiger charge is -2.33. The molecule has 0 saturated carbocycles. The summed E-state index contributed by atoms with van der Waals surface area (Å²) in [4.78, 5) is 11.2. The molecule has 1 aromatic rings. The molecule has 1 unspecified atom stereocenters. The van der Waals surface area contributed by atoms with Gasteiger partial charge in [0.25, 0.3) is 0 Å². The summed E-state index contributed by atoms with van der Waals surface area (Å²) >= 11 is 0. The van der Waals surface area contributed by atoms with Crippen LogP contribution in [-0.2, 0) is 0 Å². The van der Waals surface area contributed by atoms with E-state index in [0.29, 0.717) is 12.1 Å². The van der Waals surface area contributed by atoms with Gasteiger partial charge in [-0.2, -0.15) is 0 Å². The van der Waals surface area contributed by atoms with Crippen LogP contribution in [0.4, 0.5) is 5.95 Å². The van der Waals surface area contributed by atoms with Gasteiger partial charge in [-0.15, -0.1) is 0 Å². The van der Waals surface area contributed by atoms with E-state index in [0.717, 1.165) is 24.6 Å². The van der Waals surface area contributed by atoms with Crippen LogP contribution >= 0.6 is 0 Å². The van der Waals surface area contributed by atoms with Crippen LogP contribution in [0.25, 0.3) is 0 Å². The number of aryl methyl sites for hydroxylation is 1. The molecular weight excluding hydrogens is 224 g/mol. The van der Waals surface area contributed by atoms with Gasteiger partial charge in [0.05, 0.1) is 0 Å². The Balaban J connectivity index is 2.05. The van der Waals surface area contributed by atoms with Gasteiger partial charge < -0.3 is 10.2 Å². The first-order chi connectivity index (χ1) is 8.66. The fourth-order valence-electron chi connectivity index (χ4n) is 2.37. The third kappa shape index (κ3) is 3.42. The fraction of sp³-hybridized carbons (Fsp3) is 0.714. The number of rotatable bonds is 4. The number of piperidine rings is 1. The number of anilines is 1. The second-order valence-corrected chi connectivity index (χ2v) is 5.45. The van der Waals surface area contributed by atoms with Crippen LogP contribution in [0.1, 0.15) is 38.7 Å². The van der Waals surface area contributed by atoms with Gasteiger partial charge in [-0.1, -0.05) is 6.42 Å². The first-order valence-electron chi connectivity index (χ1n) is 6.95. The van der Waals surface area contributed by atoms with Gasteiger partial charge in [-0.05, 0) is 45.7 Å². The monoisotopic (exact) mass is 248 g/mol. The zero-order valence-electron chi connectivity index (χ0n) is 11.7. The van der Waals surface area contributed by atoms with Gasteiger partial charge in [-0.3, -0.25) is 0 Å². The minimum atomic E-state index is 0.427. The van der Waals surface area contributed by atoms with Crippen molar-refractivity contribution in [1.82, 2.24) is 15.3 Å². The lowest BCUT2D eigenvalue weighted by atomic mass is 10.0. The van der Waals surface area contributed by atoms with Crippen molar-refractivity contribution < 1.29 is 0 Å². The van der Waals surface area contributed by atoms with E-state index in [9.17, 15) is 0 Å². The molecule has 0 aliphatic carbocycles. The second-order valence-electron chi connectivity index (χ2n) is 5.45. The zero-order chi connectivity index (χ0) is 13.0.